The Morgan fingerprint density at radius 2 is 2.36 bits per heavy atom. The Labute approximate surface area is 68.4 Å². The summed E-state index contributed by atoms with van der Waals surface area (Å²) in [5, 5.41) is 6.50. The van der Waals surface area contributed by atoms with E-state index in [1.54, 1.807) is 0 Å². The summed E-state index contributed by atoms with van der Waals surface area (Å²) in [5.74, 6) is 0. The second kappa shape index (κ2) is 3.58. The number of likely N-dealkylation sites (N-methyl/N-ethyl adjacent to an activating group) is 1. The van der Waals surface area contributed by atoms with Gasteiger partial charge in [-0.05, 0) is 25.5 Å². The summed E-state index contributed by atoms with van der Waals surface area (Å²) >= 11 is 0. The van der Waals surface area contributed by atoms with Gasteiger partial charge in [-0.3, -0.25) is 0 Å². The zero-order valence-electron chi connectivity index (χ0n) is 7.33. The minimum Gasteiger partial charge on any atom is -0.390 e. The molecule has 0 aromatic heterocycles. The van der Waals surface area contributed by atoms with E-state index in [2.05, 4.69) is 24.1 Å². The Bertz CT molecular complexity index is 192. The van der Waals surface area contributed by atoms with Crippen LogP contribution in [0, 0.1) is 0 Å². The molecular weight excluding hydrogens is 136 g/mol. The first-order valence-electron chi connectivity index (χ1n) is 4.02. The van der Waals surface area contributed by atoms with Crippen LogP contribution in [0.3, 0.4) is 0 Å². The Kier molecular flexibility index (Phi) is 2.71. The standard InChI is InChI=1S/C9H16N2/c1-7(2)8-4-5-11-6-9(8)10-3/h10-11H,1,4-6H2,2-3H3. The van der Waals surface area contributed by atoms with Crippen LogP contribution in [-0.4, -0.2) is 20.1 Å². The van der Waals surface area contributed by atoms with Crippen LogP contribution in [0.2, 0.25) is 0 Å². The van der Waals surface area contributed by atoms with Gasteiger partial charge in [-0.25, -0.2) is 0 Å². The molecule has 0 spiro atoms. The lowest BCUT2D eigenvalue weighted by molar-refractivity contribution is 0.650. The zero-order valence-corrected chi connectivity index (χ0v) is 7.33. The lowest BCUT2D eigenvalue weighted by Crippen LogP contribution is -2.30. The van der Waals surface area contributed by atoms with Crippen LogP contribution in [-0.2, 0) is 0 Å². The van der Waals surface area contributed by atoms with Crippen LogP contribution in [0.4, 0.5) is 0 Å². The second-order valence-corrected chi connectivity index (χ2v) is 2.91. The molecule has 2 N–H and O–H groups in total. The van der Waals surface area contributed by atoms with Gasteiger partial charge in [0.1, 0.15) is 0 Å². The highest BCUT2D eigenvalue weighted by Gasteiger charge is 2.10. The van der Waals surface area contributed by atoms with Crippen molar-refractivity contribution in [2.45, 2.75) is 13.3 Å². The van der Waals surface area contributed by atoms with Crippen molar-refractivity contribution in [2.24, 2.45) is 0 Å². The average Bonchev–Trinajstić information content (AvgIpc) is 2.04. The van der Waals surface area contributed by atoms with Gasteiger partial charge in [-0.2, -0.15) is 0 Å². The predicted molar refractivity (Wildman–Crippen MR) is 48.4 cm³/mol. The lowest BCUT2D eigenvalue weighted by atomic mass is 10.0. The van der Waals surface area contributed by atoms with E-state index in [1.807, 2.05) is 7.05 Å². The Hall–Kier alpha value is -0.760. The van der Waals surface area contributed by atoms with Crippen LogP contribution >= 0.6 is 0 Å². The van der Waals surface area contributed by atoms with Gasteiger partial charge in [0, 0.05) is 19.3 Å². The van der Waals surface area contributed by atoms with Crippen molar-refractivity contribution < 1.29 is 0 Å². The molecule has 0 fully saturated rings. The molecule has 0 bridgehead atoms. The summed E-state index contributed by atoms with van der Waals surface area (Å²) in [6.07, 6.45) is 1.10. The molecule has 0 unspecified atom stereocenters. The lowest BCUT2D eigenvalue weighted by Gasteiger charge is -2.21. The smallest absolute Gasteiger partial charge is 0.0356 e. The van der Waals surface area contributed by atoms with E-state index in [4.69, 9.17) is 0 Å². The molecule has 62 valence electrons. The number of hydrogen-bond acceptors (Lipinski definition) is 2. The zero-order chi connectivity index (χ0) is 8.27. The first kappa shape index (κ1) is 8.34. The molecule has 1 heterocycles. The van der Waals surface area contributed by atoms with E-state index in [1.165, 1.54) is 16.8 Å². The number of nitrogens with one attached hydrogen (secondary N) is 2. The van der Waals surface area contributed by atoms with Crippen molar-refractivity contribution in [2.75, 3.05) is 20.1 Å². The van der Waals surface area contributed by atoms with E-state index in [0.717, 1.165) is 19.5 Å². The molecule has 1 rings (SSSR count). The van der Waals surface area contributed by atoms with Gasteiger partial charge in [0.2, 0.25) is 0 Å². The van der Waals surface area contributed by atoms with Gasteiger partial charge >= 0.3 is 0 Å². The van der Waals surface area contributed by atoms with Crippen molar-refractivity contribution in [3.63, 3.8) is 0 Å². The van der Waals surface area contributed by atoms with Crippen molar-refractivity contribution in [3.05, 3.63) is 23.4 Å². The highest BCUT2D eigenvalue weighted by atomic mass is 15.0. The maximum absolute atomic E-state index is 3.95. The van der Waals surface area contributed by atoms with Gasteiger partial charge in [0.25, 0.3) is 0 Å². The van der Waals surface area contributed by atoms with Crippen LogP contribution in [0.1, 0.15) is 13.3 Å². The maximum atomic E-state index is 3.95. The average molecular weight is 152 g/mol. The highest BCUT2D eigenvalue weighted by Crippen LogP contribution is 2.16. The van der Waals surface area contributed by atoms with E-state index in [-0.39, 0.29) is 0 Å². The van der Waals surface area contributed by atoms with Gasteiger partial charge in [0.05, 0.1) is 0 Å². The monoisotopic (exact) mass is 152 g/mol. The fraction of sp³-hybridized carbons (Fsp3) is 0.556. The summed E-state index contributed by atoms with van der Waals surface area (Å²) in [5.41, 5.74) is 3.88. The van der Waals surface area contributed by atoms with E-state index in [0.29, 0.717) is 0 Å². The molecule has 0 atom stereocenters. The van der Waals surface area contributed by atoms with Crippen LogP contribution < -0.4 is 10.6 Å². The first-order chi connectivity index (χ1) is 5.25. The third-order valence-corrected chi connectivity index (χ3v) is 2.03. The maximum Gasteiger partial charge on any atom is 0.0356 e. The fourth-order valence-corrected chi connectivity index (χ4v) is 1.39. The van der Waals surface area contributed by atoms with Gasteiger partial charge in [-0.15, -0.1) is 0 Å². The molecule has 0 saturated heterocycles. The van der Waals surface area contributed by atoms with Crippen molar-refractivity contribution in [3.8, 4) is 0 Å². The molecule has 1 aliphatic heterocycles. The minimum atomic E-state index is 0.957. The Balaban J connectivity index is 2.81. The molecular formula is C9H16N2. The number of hydrogen-bond donors (Lipinski definition) is 2. The number of allylic oxidation sites excluding steroid dienone is 1. The van der Waals surface area contributed by atoms with Crippen LogP contribution in [0.25, 0.3) is 0 Å². The SMILES string of the molecule is C=C(C)C1=C(NC)CNCC1. The Morgan fingerprint density at radius 3 is 2.82 bits per heavy atom. The van der Waals surface area contributed by atoms with Gasteiger partial charge < -0.3 is 10.6 Å². The van der Waals surface area contributed by atoms with Crippen molar-refractivity contribution in [1.82, 2.24) is 10.6 Å². The fourth-order valence-electron chi connectivity index (χ4n) is 1.39. The molecule has 0 aromatic rings. The topological polar surface area (TPSA) is 24.1 Å². The summed E-state index contributed by atoms with van der Waals surface area (Å²) in [7, 11) is 1.96. The molecule has 0 aromatic carbocycles. The molecule has 0 radical (unpaired) electrons. The highest BCUT2D eigenvalue weighted by molar-refractivity contribution is 5.33. The van der Waals surface area contributed by atoms with E-state index in [9.17, 15) is 0 Å². The Morgan fingerprint density at radius 1 is 1.64 bits per heavy atom. The predicted octanol–water partition coefficient (Wildman–Crippen LogP) is 1.03. The first-order valence-corrected chi connectivity index (χ1v) is 4.02. The van der Waals surface area contributed by atoms with Gasteiger partial charge in [0.15, 0.2) is 0 Å². The summed E-state index contributed by atoms with van der Waals surface area (Å²) in [6, 6.07) is 0. The summed E-state index contributed by atoms with van der Waals surface area (Å²) < 4.78 is 0. The summed E-state index contributed by atoms with van der Waals surface area (Å²) in [6.45, 7) is 8.05. The molecule has 2 heteroatoms. The molecule has 1 aliphatic rings. The van der Waals surface area contributed by atoms with E-state index >= 15 is 0 Å². The molecule has 0 amide bonds. The van der Waals surface area contributed by atoms with E-state index < -0.39 is 0 Å². The third kappa shape index (κ3) is 1.84. The molecule has 0 aliphatic carbocycles. The number of rotatable bonds is 2. The second-order valence-electron chi connectivity index (χ2n) is 2.91. The largest absolute Gasteiger partial charge is 0.390 e. The molecule has 2 nitrogen and oxygen atoms in total. The van der Waals surface area contributed by atoms with Gasteiger partial charge in [-0.1, -0.05) is 12.2 Å². The third-order valence-electron chi connectivity index (χ3n) is 2.03. The van der Waals surface area contributed by atoms with Crippen LogP contribution in [0.5, 0.6) is 0 Å². The van der Waals surface area contributed by atoms with Crippen molar-refractivity contribution in [1.29, 1.82) is 0 Å². The molecule has 0 saturated carbocycles. The molecule has 11 heavy (non-hydrogen) atoms. The normalized spacial score (nSPS) is 18.4. The van der Waals surface area contributed by atoms with Crippen molar-refractivity contribution >= 4 is 0 Å². The minimum absolute atomic E-state index is 0.957. The van der Waals surface area contributed by atoms with Crippen LogP contribution in [0.15, 0.2) is 23.4 Å². The summed E-state index contributed by atoms with van der Waals surface area (Å²) in [4.78, 5) is 0. The quantitative estimate of drug-likeness (QED) is 0.617.